The van der Waals surface area contributed by atoms with E-state index in [1.165, 1.54) is 6.26 Å². The molecule has 1 aromatic carbocycles. The topological polar surface area (TPSA) is 38.2 Å². The minimum absolute atomic E-state index is 0.352. The van der Waals surface area contributed by atoms with Crippen molar-refractivity contribution in [2.24, 2.45) is 0 Å². The van der Waals surface area contributed by atoms with Gasteiger partial charge in [0, 0.05) is 18.4 Å². The third-order valence-electron chi connectivity index (χ3n) is 2.89. The third-order valence-corrected chi connectivity index (χ3v) is 5.13. The number of aromatic nitrogens is 1. The number of hydrogen-bond donors (Lipinski definition) is 0. The summed E-state index contributed by atoms with van der Waals surface area (Å²) in [6, 6.07) is 13.0. The largest absolute Gasteiger partial charge is 0.267 e. The molecule has 3 aromatic rings. The van der Waals surface area contributed by atoms with E-state index in [0.29, 0.717) is 4.90 Å². The van der Waals surface area contributed by atoms with Gasteiger partial charge in [-0.1, -0.05) is 23.5 Å². The van der Waals surface area contributed by atoms with E-state index in [1.807, 2.05) is 30.5 Å². The number of fused-ring (bicyclic) bond motifs is 1. The van der Waals surface area contributed by atoms with Crippen molar-refractivity contribution < 1.29 is 12.8 Å². The second-order valence-corrected chi connectivity index (χ2v) is 7.42. The molecule has 5 heteroatoms. The van der Waals surface area contributed by atoms with Crippen molar-refractivity contribution in [3.8, 4) is 10.4 Å². The molecule has 0 radical (unpaired) electrons. The van der Waals surface area contributed by atoms with Crippen LogP contribution in [0.3, 0.4) is 0 Å². The summed E-state index contributed by atoms with van der Waals surface area (Å²) in [5.74, 6) is 0. The maximum Gasteiger partial charge on any atom is 0.267 e. The van der Waals surface area contributed by atoms with Crippen LogP contribution >= 0.6 is 11.3 Å². The summed E-state index contributed by atoms with van der Waals surface area (Å²) in [7, 11) is -3.13. The van der Waals surface area contributed by atoms with Gasteiger partial charge in [0.2, 0.25) is 0 Å². The van der Waals surface area contributed by atoms with E-state index in [2.05, 4.69) is 16.7 Å². The van der Waals surface area contributed by atoms with Gasteiger partial charge < -0.3 is 0 Å². The van der Waals surface area contributed by atoms with Gasteiger partial charge in [-0.2, -0.15) is 4.40 Å². The molecule has 0 spiro atoms. The number of hydrogen-bond acceptors (Lipinski definition) is 3. The normalized spacial score (nSPS) is 11.8. The molecule has 3 rings (SSSR count). The predicted octanol–water partition coefficient (Wildman–Crippen LogP) is 2.56. The number of benzene rings is 1. The Morgan fingerprint density at radius 2 is 1.79 bits per heavy atom. The molecular formula is C14H12NO2S2+. The Balaban J connectivity index is 2.07. The van der Waals surface area contributed by atoms with E-state index in [9.17, 15) is 8.42 Å². The summed E-state index contributed by atoms with van der Waals surface area (Å²) in [5.41, 5.74) is 1.03. The molecule has 0 atom stereocenters. The Kier molecular flexibility index (Phi) is 2.88. The van der Waals surface area contributed by atoms with E-state index in [4.69, 9.17) is 0 Å². The Morgan fingerprint density at radius 3 is 2.42 bits per heavy atom. The molecular weight excluding hydrogens is 278 g/mol. The van der Waals surface area contributed by atoms with Crippen LogP contribution in [0.5, 0.6) is 0 Å². The van der Waals surface area contributed by atoms with Crippen molar-refractivity contribution in [1.82, 2.24) is 0 Å². The molecule has 19 heavy (non-hydrogen) atoms. The molecule has 96 valence electrons. The van der Waals surface area contributed by atoms with Crippen LogP contribution in [0, 0.1) is 0 Å². The molecule has 2 aromatic heterocycles. The van der Waals surface area contributed by atoms with Crippen LogP contribution in [0.1, 0.15) is 0 Å². The van der Waals surface area contributed by atoms with Crippen LogP contribution < -0.4 is 4.40 Å². The number of pyridine rings is 1. The van der Waals surface area contributed by atoms with Gasteiger partial charge in [0.15, 0.2) is 22.2 Å². The minimum Gasteiger partial charge on any atom is -0.224 e. The summed E-state index contributed by atoms with van der Waals surface area (Å²) in [5, 5.41) is 0. The van der Waals surface area contributed by atoms with E-state index in [1.54, 1.807) is 23.5 Å². The van der Waals surface area contributed by atoms with Crippen molar-refractivity contribution in [3.05, 3.63) is 54.9 Å². The van der Waals surface area contributed by atoms with Crippen molar-refractivity contribution >= 4 is 26.0 Å². The van der Waals surface area contributed by atoms with Gasteiger partial charge >= 0.3 is 0 Å². The second kappa shape index (κ2) is 4.43. The lowest BCUT2D eigenvalue weighted by atomic mass is 10.2. The van der Waals surface area contributed by atoms with Gasteiger partial charge in [-0.05, 0) is 23.8 Å². The average molecular weight is 290 g/mol. The van der Waals surface area contributed by atoms with E-state index in [0.717, 1.165) is 15.3 Å². The van der Waals surface area contributed by atoms with Gasteiger partial charge in [0.25, 0.3) is 4.83 Å². The van der Waals surface area contributed by atoms with Gasteiger partial charge in [0.1, 0.15) is 4.88 Å². The average Bonchev–Trinajstić information content (AvgIpc) is 2.81. The first-order valence-corrected chi connectivity index (χ1v) is 8.45. The lowest BCUT2D eigenvalue weighted by molar-refractivity contribution is -0.506. The lowest BCUT2D eigenvalue weighted by Gasteiger charge is -1.98. The molecule has 0 N–H and O–H groups in total. The Bertz CT molecular complexity index is 800. The molecule has 0 aliphatic heterocycles. The highest BCUT2D eigenvalue weighted by Crippen LogP contribution is 2.26. The van der Waals surface area contributed by atoms with E-state index < -0.39 is 9.84 Å². The summed E-state index contributed by atoms with van der Waals surface area (Å²) in [6.45, 7) is 0. The predicted molar refractivity (Wildman–Crippen MR) is 76.0 cm³/mol. The standard InChI is InChI=1S/C14H12NO2S2/c1-19(16,17)12-7-5-11(6-8-12)13-10-15-9-3-2-4-14(15)18-13/h2-10H,1H3/q+1. The zero-order valence-electron chi connectivity index (χ0n) is 10.3. The lowest BCUT2D eigenvalue weighted by Crippen LogP contribution is -2.15. The summed E-state index contributed by atoms with van der Waals surface area (Å²) < 4.78 is 24.9. The molecule has 2 heterocycles. The van der Waals surface area contributed by atoms with Gasteiger partial charge in [-0.15, -0.1) is 0 Å². The number of thiazole rings is 1. The molecule has 0 saturated heterocycles. The van der Waals surface area contributed by atoms with Crippen LogP contribution in [0.25, 0.3) is 15.3 Å². The maximum atomic E-state index is 11.4. The highest BCUT2D eigenvalue weighted by atomic mass is 32.2. The van der Waals surface area contributed by atoms with Crippen LogP contribution in [-0.4, -0.2) is 14.7 Å². The van der Waals surface area contributed by atoms with Crippen LogP contribution in [0.4, 0.5) is 0 Å². The van der Waals surface area contributed by atoms with Crippen LogP contribution in [0.2, 0.25) is 0 Å². The number of rotatable bonds is 2. The molecule has 0 fully saturated rings. The SMILES string of the molecule is CS(=O)(=O)c1ccc(-c2c[n+]3ccccc3s2)cc1. The number of nitrogens with zero attached hydrogens (tertiary/aromatic N) is 1. The van der Waals surface area contributed by atoms with Crippen LogP contribution in [-0.2, 0) is 9.84 Å². The molecule has 0 aliphatic carbocycles. The third kappa shape index (κ3) is 2.39. The fraction of sp³-hybridized carbons (Fsp3) is 0.0714. The zero-order chi connectivity index (χ0) is 13.5. The monoisotopic (exact) mass is 290 g/mol. The Hall–Kier alpha value is -1.72. The quantitative estimate of drug-likeness (QED) is 0.680. The molecule has 0 bridgehead atoms. The summed E-state index contributed by atoms with van der Waals surface area (Å²) in [4.78, 5) is 2.63. The number of sulfone groups is 1. The van der Waals surface area contributed by atoms with Gasteiger partial charge in [-0.25, -0.2) is 8.42 Å². The van der Waals surface area contributed by atoms with E-state index >= 15 is 0 Å². The Labute approximate surface area is 115 Å². The van der Waals surface area contributed by atoms with Gasteiger partial charge in [0.05, 0.1) is 4.90 Å². The first kappa shape index (κ1) is 12.3. The fourth-order valence-electron chi connectivity index (χ4n) is 1.90. The second-order valence-electron chi connectivity index (χ2n) is 4.34. The smallest absolute Gasteiger partial charge is 0.224 e. The van der Waals surface area contributed by atoms with Crippen molar-refractivity contribution in [1.29, 1.82) is 0 Å². The van der Waals surface area contributed by atoms with Crippen molar-refractivity contribution in [2.45, 2.75) is 4.90 Å². The first-order valence-electron chi connectivity index (χ1n) is 5.74. The minimum atomic E-state index is -3.13. The summed E-state index contributed by atoms with van der Waals surface area (Å²) in [6.07, 6.45) is 5.27. The maximum absolute atomic E-state index is 11.4. The molecule has 0 saturated carbocycles. The highest BCUT2D eigenvalue weighted by molar-refractivity contribution is 7.90. The van der Waals surface area contributed by atoms with Crippen LogP contribution in [0.15, 0.2) is 59.8 Å². The molecule has 0 unspecified atom stereocenters. The molecule has 0 aliphatic rings. The van der Waals surface area contributed by atoms with E-state index in [-0.39, 0.29) is 0 Å². The molecule has 0 amide bonds. The van der Waals surface area contributed by atoms with Gasteiger partial charge in [-0.3, -0.25) is 0 Å². The Morgan fingerprint density at radius 1 is 1.05 bits per heavy atom. The van der Waals surface area contributed by atoms with Crippen molar-refractivity contribution in [2.75, 3.05) is 6.26 Å². The first-order chi connectivity index (χ1) is 9.04. The highest BCUT2D eigenvalue weighted by Gasteiger charge is 2.12. The fourth-order valence-corrected chi connectivity index (χ4v) is 3.54. The molecule has 3 nitrogen and oxygen atoms in total. The summed E-state index contributed by atoms with van der Waals surface area (Å²) >= 11 is 1.68. The van der Waals surface area contributed by atoms with Crippen molar-refractivity contribution in [3.63, 3.8) is 0 Å². The zero-order valence-corrected chi connectivity index (χ0v) is 11.9.